The van der Waals surface area contributed by atoms with Crippen LogP contribution in [0, 0.1) is 5.92 Å². The van der Waals surface area contributed by atoms with Gasteiger partial charge in [-0.1, -0.05) is 25.1 Å². The van der Waals surface area contributed by atoms with Crippen molar-refractivity contribution in [2.24, 2.45) is 5.92 Å². The topological polar surface area (TPSA) is 42.2 Å². The second-order valence-electron chi connectivity index (χ2n) is 6.08. The fourth-order valence-corrected chi connectivity index (χ4v) is 3.83. The van der Waals surface area contributed by atoms with E-state index in [-0.39, 0.29) is 0 Å². The minimum Gasteiger partial charge on any atom is -0.339 e. The lowest BCUT2D eigenvalue weighted by Gasteiger charge is -2.27. The van der Waals surface area contributed by atoms with E-state index in [1.54, 1.807) is 11.3 Å². The molecule has 0 saturated carbocycles. The predicted octanol–water partition coefficient (Wildman–Crippen LogP) is 3.85. The van der Waals surface area contributed by atoms with Crippen LogP contribution in [0.1, 0.15) is 39.0 Å². The molecule has 0 spiro atoms. The molecule has 0 unspecified atom stereocenters. The van der Waals surface area contributed by atoms with Gasteiger partial charge < -0.3 is 9.42 Å². The zero-order chi connectivity index (χ0) is 14.7. The van der Waals surface area contributed by atoms with Crippen molar-refractivity contribution in [3.8, 4) is 10.7 Å². The number of nitrogens with zero attached hydrogens (tertiary/aromatic N) is 3. The maximum Gasteiger partial charge on any atom is 0.227 e. The van der Waals surface area contributed by atoms with E-state index >= 15 is 0 Å². The van der Waals surface area contributed by atoms with E-state index in [0.29, 0.717) is 0 Å². The Kier molecular flexibility index (Phi) is 4.70. The van der Waals surface area contributed by atoms with Gasteiger partial charge in [-0.2, -0.15) is 4.98 Å². The van der Waals surface area contributed by atoms with Gasteiger partial charge in [-0.05, 0) is 49.7 Å². The van der Waals surface area contributed by atoms with E-state index < -0.39 is 0 Å². The van der Waals surface area contributed by atoms with Crippen LogP contribution in [0.2, 0.25) is 0 Å². The van der Waals surface area contributed by atoms with E-state index in [9.17, 15) is 0 Å². The highest BCUT2D eigenvalue weighted by Gasteiger charge is 2.26. The summed E-state index contributed by atoms with van der Waals surface area (Å²) in [7, 11) is 0. The van der Waals surface area contributed by atoms with Crippen LogP contribution >= 0.6 is 11.3 Å². The number of aromatic nitrogens is 2. The zero-order valence-electron chi connectivity index (χ0n) is 12.8. The molecule has 1 aliphatic heterocycles. The lowest BCUT2D eigenvalue weighted by atomic mass is 10.0. The van der Waals surface area contributed by atoms with Crippen molar-refractivity contribution in [2.75, 3.05) is 13.1 Å². The van der Waals surface area contributed by atoms with Gasteiger partial charge in [0.15, 0.2) is 0 Å². The molecule has 0 N–H and O–H groups in total. The van der Waals surface area contributed by atoms with Crippen molar-refractivity contribution in [1.29, 1.82) is 0 Å². The number of thiophene rings is 1. The highest BCUT2D eigenvalue weighted by molar-refractivity contribution is 7.13. The highest BCUT2D eigenvalue weighted by Crippen LogP contribution is 2.24. The fraction of sp³-hybridized carbons (Fsp3) is 0.625. The fourth-order valence-electron chi connectivity index (χ4n) is 3.18. The van der Waals surface area contributed by atoms with Gasteiger partial charge in [-0.25, -0.2) is 0 Å². The first-order chi connectivity index (χ1) is 10.2. The first-order valence-electron chi connectivity index (χ1n) is 7.84. The van der Waals surface area contributed by atoms with Gasteiger partial charge in [-0.3, -0.25) is 0 Å². The molecule has 3 heterocycles. The number of hydrogen-bond acceptors (Lipinski definition) is 5. The molecule has 0 amide bonds. The van der Waals surface area contributed by atoms with Crippen LogP contribution in [0.15, 0.2) is 22.0 Å². The van der Waals surface area contributed by atoms with Crippen LogP contribution in [-0.2, 0) is 6.42 Å². The summed E-state index contributed by atoms with van der Waals surface area (Å²) in [4.78, 5) is 8.18. The van der Waals surface area contributed by atoms with Crippen LogP contribution < -0.4 is 0 Å². The Labute approximate surface area is 130 Å². The van der Waals surface area contributed by atoms with Crippen LogP contribution in [0.4, 0.5) is 0 Å². The SMILES string of the molecule is CC(C)[C@H]1CCCN1CCCc1nc(-c2cccs2)no1. The average Bonchev–Trinajstić information content (AvgIpc) is 3.20. The summed E-state index contributed by atoms with van der Waals surface area (Å²) in [5.74, 6) is 2.24. The van der Waals surface area contributed by atoms with Crippen molar-refractivity contribution in [2.45, 2.75) is 45.6 Å². The second-order valence-corrected chi connectivity index (χ2v) is 7.03. The molecule has 2 aromatic rings. The van der Waals surface area contributed by atoms with Crippen LogP contribution in [0.25, 0.3) is 10.7 Å². The molecule has 0 radical (unpaired) electrons. The van der Waals surface area contributed by atoms with Gasteiger partial charge in [0.1, 0.15) is 0 Å². The van der Waals surface area contributed by atoms with Crippen molar-refractivity contribution < 1.29 is 4.52 Å². The Morgan fingerprint density at radius 2 is 2.38 bits per heavy atom. The molecule has 1 aliphatic rings. The maximum atomic E-state index is 5.35. The third-order valence-electron chi connectivity index (χ3n) is 4.23. The predicted molar refractivity (Wildman–Crippen MR) is 85.4 cm³/mol. The third kappa shape index (κ3) is 3.52. The second kappa shape index (κ2) is 6.71. The lowest BCUT2D eigenvalue weighted by Crippen LogP contribution is -2.34. The van der Waals surface area contributed by atoms with Gasteiger partial charge in [0.05, 0.1) is 4.88 Å². The molecule has 0 aromatic carbocycles. The van der Waals surface area contributed by atoms with Crippen molar-refractivity contribution >= 4 is 11.3 Å². The van der Waals surface area contributed by atoms with Gasteiger partial charge >= 0.3 is 0 Å². The Morgan fingerprint density at radius 3 is 3.14 bits per heavy atom. The van der Waals surface area contributed by atoms with E-state index in [4.69, 9.17) is 4.52 Å². The molecule has 4 nitrogen and oxygen atoms in total. The Hall–Kier alpha value is -1.20. The lowest BCUT2D eigenvalue weighted by molar-refractivity contribution is 0.202. The molecular formula is C16H23N3OS. The third-order valence-corrected chi connectivity index (χ3v) is 5.10. The molecule has 21 heavy (non-hydrogen) atoms. The largest absolute Gasteiger partial charge is 0.339 e. The number of likely N-dealkylation sites (tertiary alicyclic amines) is 1. The Morgan fingerprint density at radius 1 is 1.48 bits per heavy atom. The summed E-state index contributed by atoms with van der Waals surface area (Å²) in [5, 5.41) is 6.10. The number of aryl methyl sites for hydroxylation is 1. The molecule has 2 aromatic heterocycles. The van der Waals surface area contributed by atoms with Crippen molar-refractivity contribution in [3.63, 3.8) is 0 Å². The first-order valence-corrected chi connectivity index (χ1v) is 8.72. The van der Waals surface area contributed by atoms with Crippen LogP contribution in [0.3, 0.4) is 0 Å². The smallest absolute Gasteiger partial charge is 0.227 e. The van der Waals surface area contributed by atoms with Crippen LogP contribution in [0.5, 0.6) is 0 Å². The normalized spacial score (nSPS) is 19.7. The summed E-state index contributed by atoms with van der Waals surface area (Å²) < 4.78 is 5.35. The van der Waals surface area contributed by atoms with Crippen molar-refractivity contribution in [1.82, 2.24) is 15.0 Å². The average molecular weight is 305 g/mol. The molecule has 1 saturated heterocycles. The van der Waals surface area contributed by atoms with Gasteiger partial charge in [-0.15, -0.1) is 11.3 Å². The van der Waals surface area contributed by atoms with Gasteiger partial charge in [0, 0.05) is 12.5 Å². The number of hydrogen-bond donors (Lipinski definition) is 0. The summed E-state index contributed by atoms with van der Waals surface area (Å²) in [6, 6.07) is 4.79. The summed E-state index contributed by atoms with van der Waals surface area (Å²) >= 11 is 1.64. The molecule has 1 atom stereocenters. The number of rotatable bonds is 6. The van der Waals surface area contributed by atoms with Gasteiger partial charge in [0.25, 0.3) is 0 Å². The quantitative estimate of drug-likeness (QED) is 0.813. The Bertz CT molecular complexity index is 550. The molecular weight excluding hydrogens is 282 g/mol. The standard InChI is InChI=1S/C16H23N3OS/c1-12(2)13-6-3-9-19(13)10-4-8-15-17-16(18-20-15)14-7-5-11-21-14/h5,7,11-13H,3-4,6,8-10H2,1-2H3/t13-/m1/s1. The maximum absolute atomic E-state index is 5.35. The first kappa shape index (κ1) is 14.7. The summed E-state index contributed by atoms with van der Waals surface area (Å²) in [5.41, 5.74) is 0. The Balaban J connectivity index is 1.50. The molecule has 114 valence electrons. The molecule has 1 fully saturated rings. The highest BCUT2D eigenvalue weighted by atomic mass is 32.1. The van der Waals surface area contributed by atoms with E-state index in [2.05, 4.69) is 28.9 Å². The van der Waals surface area contributed by atoms with E-state index in [0.717, 1.165) is 47.9 Å². The minimum absolute atomic E-state index is 0.723. The van der Waals surface area contributed by atoms with Gasteiger partial charge in [0.2, 0.25) is 11.7 Å². The van der Waals surface area contributed by atoms with E-state index in [1.165, 1.54) is 19.4 Å². The molecule has 5 heteroatoms. The summed E-state index contributed by atoms with van der Waals surface area (Å²) in [6.07, 6.45) is 4.65. The zero-order valence-corrected chi connectivity index (χ0v) is 13.6. The molecule has 0 bridgehead atoms. The molecule has 3 rings (SSSR count). The summed E-state index contributed by atoms with van der Waals surface area (Å²) in [6.45, 7) is 7.04. The minimum atomic E-state index is 0.723. The molecule has 0 aliphatic carbocycles. The van der Waals surface area contributed by atoms with Crippen LogP contribution in [-0.4, -0.2) is 34.2 Å². The monoisotopic (exact) mass is 305 g/mol. The van der Waals surface area contributed by atoms with Crippen molar-refractivity contribution in [3.05, 3.63) is 23.4 Å². The van der Waals surface area contributed by atoms with E-state index in [1.807, 2.05) is 17.5 Å².